The highest BCUT2D eigenvalue weighted by molar-refractivity contribution is 5.73. The van der Waals surface area contributed by atoms with Gasteiger partial charge in [-0.3, -0.25) is 9.69 Å². The van der Waals surface area contributed by atoms with Crippen LogP contribution in [0, 0.1) is 5.92 Å². The molecule has 5 nitrogen and oxygen atoms in total. The second-order valence-corrected chi connectivity index (χ2v) is 8.73. The van der Waals surface area contributed by atoms with Crippen LogP contribution in [0.25, 0.3) is 0 Å². The maximum atomic E-state index is 12.8. The first-order valence-corrected chi connectivity index (χ1v) is 11.3. The lowest BCUT2D eigenvalue weighted by Gasteiger charge is -2.40. The summed E-state index contributed by atoms with van der Waals surface area (Å²) in [5, 5.41) is 0. The molecule has 1 heterocycles. The largest absolute Gasteiger partial charge is 0.493 e. The first-order chi connectivity index (χ1) is 14.5. The third kappa shape index (κ3) is 4.36. The maximum Gasteiger partial charge on any atom is 0.313 e. The molecule has 1 fully saturated rings. The van der Waals surface area contributed by atoms with Crippen molar-refractivity contribution in [3.63, 3.8) is 0 Å². The Kier molecular flexibility index (Phi) is 7.45. The fourth-order valence-electron chi connectivity index (χ4n) is 5.23. The number of hydrogen-bond acceptors (Lipinski definition) is 5. The van der Waals surface area contributed by atoms with Crippen LogP contribution in [0.3, 0.4) is 0 Å². The summed E-state index contributed by atoms with van der Waals surface area (Å²) in [6, 6.07) is 6.49. The monoisotopic (exact) mass is 415 g/mol. The number of likely N-dealkylation sites (N-methyl/N-ethyl adjacent to an activating group) is 1. The van der Waals surface area contributed by atoms with E-state index in [0.29, 0.717) is 0 Å². The van der Waals surface area contributed by atoms with Crippen molar-refractivity contribution in [1.29, 1.82) is 0 Å². The molecule has 2 aliphatic rings. The molecular weight excluding hydrogens is 378 g/mol. The van der Waals surface area contributed by atoms with E-state index in [1.807, 2.05) is 6.07 Å². The number of nitrogens with zero attached hydrogens (tertiary/aromatic N) is 1. The van der Waals surface area contributed by atoms with Crippen LogP contribution in [-0.2, 0) is 14.9 Å². The summed E-state index contributed by atoms with van der Waals surface area (Å²) in [5.41, 5.74) is 1.28. The van der Waals surface area contributed by atoms with Gasteiger partial charge in [-0.2, -0.15) is 0 Å². The first-order valence-electron chi connectivity index (χ1n) is 11.3. The summed E-state index contributed by atoms with van der Waals surface area (Å²) in [7, 11) is 5.50. The summed E-state index contributed by atoms with van der Waals surface area (Å²) in [6.45, 7) is 5.27. The van der Waals surface area contributed by atoms with E-state index in [9.17, 15) is 4.79 Å². The van der Waals surface area contributed by atoms with Crippen molar-refractivity contribution in [2.45, 2.75) is 70.3 Å². The summed E-state index contributed by atoms with van der Waals surface area (Å²) < 4.78 is 16.9. The van der Waals surface area contributed by atoms with Gasteiger partial charge in [-0.05, 0) is 63.0 Å². The maximum absolute atomic E-state index is 12.8. The van der Waals surface area contributed by atoms with Gasteiger partial charge >= 0.3 is 5.97 Å². The number of carbonyl (C=O) groups is 1. The average Bonchev–Trinajstić information content (AvgIpc) is 3.10. The molecule has 1 aromatic carbocycles. The fourth-order valence-corrected chi connectivity index (χ4v) is 5.23. The van der Waals surface area contributed by atoms with E-state index < -0.39 is 0 Å². The zero-order valence-corrected chi connectivity index (χ0v) is 19.2. The van der Waals surface area contributed by atoms with E-state index in [1.165, 1.54) is 5.56 Å². The van der Waals surface area contributed by atoms with Crippen LogP contribution in [0.2, 0.25) is 0 Å². The van der Waals surface area contributed by atoms with Crippen molar-refractivity contribution in [2.24, 2.45) is 5.92 Å². The molecule has 1 aliphatic carbocycles. The van der Waals surface area contributed by atoms with Gasteiger partial charge in [0.05, 0.1) is 20.1 Å². The Morgan fingerprint density at radius 2 is 1.83 bits per heavy atom. The predicted molar refractivity (Wildman–Crippen MR) is 119 cm³/mol. The Bertz CT molecular complexity index is 768. The molecule has 30 heavy (non-hydrogen) atoms. The molecule has 166 valence electrons. The highest BCUT2D eigenvalue weighted by Gasteiger charge is 2.48. The van der Waals surface area contributed by atoms with Crippen molar-refractivity contribution in [3.8, 4) is 11.5 Å². The highest BCUT2D eigenvalue weighted by atomic mass is 16.5. The number of carbonyl (C=O) groups excluding carboxylic acids is 1. The molecule has 2 atom stereocenters. The fraction of sp³-hybridized carbons (Fsp3) is 0.640. The SMILES string of the molecule is CCCC(CCC)C(=O)OC1=CC2N(C)CCC2(c2ccc(OC)c(OC)c2)CC1. The molecule has 1 aromatic rings. The molecule has 0 radical (unpaired) electrons. The van der Waals surface area contributed by atoms with E-state index in [1.54, 1.807) is 14.2 Å². The van der Waals surface area contributed by atoms with Gasteiger partial charge in [0.25, 0.3) is 0 Å². The van der Waals surface area contributed by atoms with E-state index in [4.69, 9.17) is 14.2 Å². The molecular formula is C25H37NO4. The lowest BCUT2D eigenvalue weighted by molar-refractivity contribution is -0.145. The highest BCUT2D eigenvalue weighted by Crippen LogP contribution is 2.49. The van der Waals surface area contributed by atoms with Crippen LogP contribution in [0.4, 0.5) is 0 Å². The van der Waals surface area contributed by atoms with E-state index >= 15 is 0 Å². The number of benzene rings is 1. The third-order valence-electron chi connectivity index (χ3n) is 6.91. The van der Waals surface area contributed by atoms with Crippen LogP contribution < -0.4 is 9.47 Å². The molecule has 0 spiro atoms. The molecule has 3 rings (SSSR count). The normalized spacial score (nSPS) is 23.8. The van der Waals surface area contributed by atoms with Crippen molar-refractivity contribution < 1.29 is 19.0 Å². The second-order valence-electron chi connectivity index (χ2n) is 8.73. The van der Waals surface area contributed by atoms with Gasteiger partial charge < -0.3 is 14.2 Å². The molecule has 0 N–H and O–H groups in total. The zero-order chi connectivity index (χ0) is 21.7. The Labute approximate surface area is 181 Å². The summed E-state index contributed by atoms with van der Waals surface area (Å²) in [4.78, 5) is 15.1. The van der Waals surface area contributed by atoms with Crippen LogP contribution in [-0.4, -0.2) is 44.7 Å². The molecule has 2 unspecified atom stereocenters. The molecule has 1 aliphatic heterocycles. The van der Waals surface area contributed by atoms with Crippen molar-refractivity contribution in [3.05, 3.63) is 35.6 Å². The van der Waals surface area contributed by atoms with Gasteiger partial charge in [0.1, 0.15) is 5.76 Å². The van der Waals surface area contributed by atoms with Gasteiger partial charge in [-0.1, -0.05) is 32.8 Å². The third-order valence-corrected chi connectivity index (χ3v) is 6.91. The molecule has 5 heteroatoms. The average molecular weight is 416 g/mol. The summed E-state index contributed by atoms with van der Waals surface area (Å²) >= 11 is 0. The van der Waals surface area contributed by atoms with Crippen LogP contribution in [0.1, 0.15) is 64.4 Å². The number of likely N-dealkylation sites (tertiary alicyclic amines) is 1. The van der Waals surface area contributed by atoms with E-state index in [0.717, 1.165) is 68.7 Å². The number of allylic oxidation sites excluding steroid dienone is 1. The number of rotatable bonds is 9. The Balaban J connectivity index is 1.85. The van der Waals surface area contributed by atoms with Gasteiger partial charge in [-0.15, -0.1) is 0 Å². The minimum Gasteiger partial charge on any atom is -0.493 e. The Hall–Kier alpha value is -2.01. The number of esters is 1. The quantitative estimate of drug-likeness (QED) is 0.526. The van der Waals surface area contributed by atoms with Crippen molar-refractivity contribution >= 4 is 5.97 Å². The number of ether oxygens (including phenoxy) is 3. The molecule has 0 bridgehead atoms. The summed E-state index contributed by atoms with van der Waals surface area (Å²) in [6.07, 6.45) is 8.84. The molecule has 0 aromatic heterocycles. The van der Waals surface area contributed by atoms with E-state index in [2.05, 4.69) is 44.0 Å². The number of methoxy groups -OCH3 is 2. The van der Waals surface area contributed by atoms with E-state index in [-0.39, 0.29) is 23.3 Å². The second kappa shape index (κ2) is 9.86. The molecule has 0 saturated carbocycles. The zero-order valence-electron chi connectivity index (χ0n) is 19.2. The standard InChI is InChI=1S/C25H37NO4/c1-6-8-18(9-7-2)24(27)30-20-12-13-25(14-15-26(3)23(25)17-20)19-10-11-21(28-4)22(16-19)29-5/h10-11,16-18,23H,6-9,12-15H2,1-5H3. The van der Waals surface area contributed by atoms with Gasteiger partial charge in [-0.25, -0.2) is 0 Å². The number of hydrogen-bond donors (Lipinski definition) is 0. The van der Waals surface area contributed by atoms with Crippen molar-refractivity contribution in [1.82, 2.24) is 4.90 Å². The lowest BCUT2D eigenvalue weighted by atomic mass is 9.68. The van der Waals surface area contributed by atoms with Crippen LogP contribution in [0.15, 0.2) is 30.0 Å². The predicted octanol–water partition coefficient (Wildman–Crippen LogP) is 5.08. The lowest BCUT2D eigenvalue weighted by Crippen LogP contribution is -2.42. The van der Waals surface area contributed by atoms with Crippen LogP contribution >= 0.6 is 0 Å². The number of fused-ring (bicyclic) bond motifs is 1. The molecule has 1 saturated heterocycles. The van der Waals surface area contributed by atoms with Gasteiger partial charge in [0.2, 0.25) is 0 Å². The Morgan fingerprint density at radius 1 is 1.13 bits per heavy atom. The summed E-state index contributed by atoms with van der Waals surface area (Å²) in [5.74, 6) is 2.32. The van der Waals surface area contributed by atoms with Crippen LogP contribution in [0.5, 0.6) is 11.5 Å². The van der Waals surface area contributed by atoms with Gasteiger partial charge in [0, 0.05) is 17.9 Å². The minimum atomic E-state index is -0.0517. The minimum absolute atomic E-state index is 0.0104. The first kappa shape index (κ1) is 22.7. The topological polar surface area (TPSA) is 48.0 Å². The smallest absolute Gasteiger partial charge is 0.313 e. The Morgan fingerprint density at radius 3 is 2.47 bits per heavy atom. The van der Waals surface area contributed by atoms with Gasteiger partial charge in [0.15, 0.2) is 11.5 Å². The molecule has 0 amide bonds. The van der Waals surface area contributed by atoms with Crippen molar-refractivity contribution in [2.75, 3.05) is 27.8 Å².